The number of hydrogen-bond acceptors (Lipinski definition) is 5. The van der Waals surface area contributed by atoms with Crippen molar-refractivity contribution < 1.29 is 14.3 Å². The van der Waals surface area contributed by atoms with Gasteiger partial charge in [0.25, 0.3) is 0 Å². The first-order valence-electron chi connectivity index (χ1n) is 11.9. The number of rotatable bonds is 6. The number of urea groups is 1. The van der Waals surface area contributed by atoms with Crippen LogP contribution in [0.4, 0.5) is 10.5 Å². The highest BCUT2D eigenvalue weighted by molar-refractivity contribution is 5.95. The summed E-state index contributed by atoms with van der Waals surface area (Å²) >= 11 is 0. The van der Waals surface area contributed by atoms with Gasteiger partial charge in [-0.1, -0.05) is 42.0 Å². The number of carbonyl (C=O) groups excluding carboxylic acids is 2. The maximum absolute atomic E-state index is 13.0. The molecule has 2 amide bonds. The number of aryl methyl sites for hydroxylation is 2. The van der Waals surface area contributed by atoms with Crippen LogP contribution in [0.5, 0.6) is 0 Å². The quantitative estimate of drug-likeness (QED) is 0.642. The molecule has 2 aliphatic heterocycles. The van der Waals surface area contributed by atoms with Crippen molar-refractivity contribution in [2.45, 2.75) is 33.7 Å². The highest BCUT2D eigenvalue weighted by Crippen LogP contribution is 2.29. The molecule has 0 spiro atoms. The summed E-state index contributed by atoms with van der Waals surface area (Å²) in [5.74, 6) is -0.399. The minimum atomic E-state index is -0.542. The molecule has 180 valence electrons. The Morgan fingerprint density at radius 1 is 1.03 bits per heavy atom. The Morgan fingerprint density at radius 3 is 2.41 bits per heavy atom. The highest BCUT2D eigenvalue weighted by atomic mass is 16.5. The van der Waals surface area contributed by atoms with Crippen molar-refractivity contribution in [3.8, 4) is 0 Å². The number of nitrogens with zero attached hydrogens (tertiary/aromatic N) is 2. The fourth-order valence-corrected chi connectivity index (χ4v) is 4.65. The van der Waals surface area contributed by atoms with Gasteiger partial charge in [-0.3, -0.25) is 4.90 Å². The number of hydrogen-bond donors (Lipinski definition) is 2. The van der Waals surface area contributed by atoms with E-state index in [2.05, 4.69) is 52.5 Å². The maximum Gasteiger partial charge on any atom is 0.338 e. The predicted octanol–water partition coefficient (Wildman–Crippen LogP) is 3.61. The van der Waals surface area contributed by atoms with Crippen molar-refractivity contribution in [3.63, 3.8) is 0 Å². The smallest absolute Gasteiger partial charge is 0.338 e. The molecule has 0 aliphatic carbocycles. The Kier molecular flexibility index (Phi) is 7.22. The molecule has 7 heteroatoms. The number of esters is 1. The zero-order valence-electron chi connectivity index (χ0n) is 20.5. The summed E-state index contributed by atoms with van der Waals surface area (Å²) in [5.41, 5.74) is 6.96. The van der Waals surface area contributed by atoms with Crippen molar-refractivity contribution in [2.24, 2.45) is 0 Å². The van der Waals surface area contributed by atoms with Crippen molar-refractivity contribution >= 4 is 17.7 Å². The van der Waals surface area contributed by atoms with Crippen LogP contribution in [0.15, 0.2) is 53.7 Å². The lowest BCUT2D eigenvalue weighted by molar-refractivity contribution is -0.139. The molecule has 1 saturated heterocycles. The Morgan fingerprint density at radius 2 is 1.74 bits per heavy atom. The lowest BCUT2D eigenvalue weighted by Gasteiger charge is -2.38. The van der Waals surface area contributed by atoms with E-state index < -0.39 is 12.0 Å². The molecule has 1 fully saturated rings. The average Bonchev–Trinajstić information content (AvgIpc) is 2.82. The van der Waals surface area contributed by atoms with Crippen LogP contribution in [-0.2, 0) is 9.53 Å². The molecule has 2 aromatic carbocycles. The molecule has 34 heavy (non-hydrogen) atoms. The standard InChI is InChI=1S/C27H34N4O3/c1-5-34-26(32)24-22(28-27(33)29-25(24)21-11-9-18(2)10-12-21)17-30-13-15-31(16-14-30)23-8-6-7-19(3)20(23)4/h6-12,25H,5,13-17H2,1-4H3,(H2,28,29,33)/t25-/m0/s1. The number of carbonyl (C=O) groups is 2. The molecule has 2 heterocycles. The van der Waals surface area contributed by atoms with Crippen LogP contribution in [0.2, 0.25) is 0 Å². The van der Waals surface area contributed by atoms with Gasteiger partial charge in [0.2, 0.25) is 0 Å². The van der Waals surface area contributed by atoms with Crippen LogP contribution >= 0.6 is 0 Å². The zero-order valence-corrected chi connectivity index (χ0v) is 20.5. The zero-order chi connectivity index (χ0) is 24.2. The van der Waals surface area contributed by atoms with E-state index in [1.54, 1.807) is 6.92 Å². The van der Waals surface area contributed by atoms with E-state index in [1.165, 1.54) is 16.8 Å². The number of piperazine rings is 1. The van der Waals surface area contributed by atoms with Crippen LogP contribution < -0.4 is 15.5 Å². The summed E-state index contributed by atoms with van der Waals surface area (Å²) in [5, 5.41) is 5.81. The second-order valence-electron chi connectivity index (χ2n) is 9.04. The topological polar surface area (TPSA) is 73.9 Å². The number of benzene rings is 2. The van der Waals surface area contributed by atoms with Crippen molar-refractivity contribution in [1.82, 2.24) is 15.5 Å². The van der Waals surface area contributed by atoms with E-state index in [9.17, 15) is 9.59 Å². The molecule has 0 saturated carbocycles. The molecule has 0 unspecified atom stereocenters. The number of amides is 2. The average molecular weight is 463 g/mol. The van der Waals surface area contributed by atoms with E-state index in [-0.39, 0.29) is 12.6 Å². The van der Waals surface area contributed by atoms with Crippen molar-refractivity contribution in [1.29, 1.82) is 0 Å². The first-order chi connectivity index (χ1) is 16.4. The van der Waals surface area contributed by atoms with E-state index in [0.29, 0.717) is 17.8 Å². The van der Waals surface area contributed by atoms with Crippen molar-refractivity contribution in [2.75, 3.05) is 44.2 Å². The van der Waals surface area contributed by atoms with Gasteiger partial charge < -0.3 is 20.3 Å². The summed E-state index contributed by atoms with van der Waals surface area (Å²) in [6.07, 6.45) is 0. The molecule has 0 bridgehead atoms. The Hall–Kier alpha value is -3.32. The molecule has 7 nitrogen and oxygen atoms in total. The third-order valence-electron chi connectivity index (χ3n) is 6.73. The molecule has 0 aromatic heterocycles. The van der Waals surface area contributed by atoms with Gasteiger partial charge in [-0.15, -0.1) is 0 Å². The fraction of sp³-hybridized carbons (Fsp3) is 0.407. The second-order valence-corrected chi connectivity index (χ2v) is 9.04. The summed E-state index contributed by atoms with van der Waals surface area (Å²) < 4.78 is 5.40. The van der Waals surface area contributed by atoms with Crippen LogP contribution in [0.1, 0.15) is 35.2 Å². The molecule has 1 atom stereocenters. The van der Waals surface area contributed by atoms with Crippen molar-refractivity contribution in [3.05, 3.63) is 76.0 Å². The van der Waals surface area contributed by atoms with E-state index in [4.69, 9.17) is 4.74 Å². The van der Waals surface area contributed by atoms with Crippen LogP contribution in [0.25, 0.3) is 0 Å². The second kappa shape index (κ2) is 10.3. The van der Waals surface area contributed by atoms with Gasteiger partial charge in [0.1, 0.15) is 0 Å². The summed E-state index contributed by atoms with van der Waals surface area (Å²) in [7, 11) is 0. The molecule has 2 N–H and O–H groups in total. The van der Waals surface area contributed by atoms with Gasteiger partial charge in [0.05, 0.1) is 18.2 Å². The van der Waals surface area contributed by atoms with Crippen LogP contribution in [0.3, 0.4) is 0 Å². The normalized spacial score (nSPS) is 19.0. The monoisotopic (exact) mass is 462 g/mol. The van der Waals surface area contributed by atoms with Gasteiger partial charge in [-0.05, 0) is 50.5 Å². The van der Waals surface area contributed by atoms with Gasteiger partial charge in [0.15, 0.2) is 0 Å². The molecular weight excluding hydrogens is 428 g/mol. The first kappa shape index (κ1) is 23.8. The first-order valence-corrected chi connectivity index (χ1v) is 11.9. The summed E-state index contributed by atoms with van der Waals surface area (Å²) in [4.78, 5) is 30.3. The Labute approximate surface area is 201 Å². The minimum Gasteiger partial charge on any atom is -0.463 e. The minimum absolute atomic E-state index is 0.276. The van der Waals surface area contributed by atoms with Gasteiger partial charge >= 0.3 is 12.0 Å². The van der Waals surface area contributed by atoms with Crippen LogP contribution in [-0.4, -0.2) is 56.2 Å². The molecule has 4 rings (SSSR count). The lowest BCUT2D eigenvalue weighted by atomic mass is 9.94. The molecule has 2 aromatic rings. The van der Waals surface area contributed by atoms with E-state index in [1.807, 2.05) is 31.2 Å². The molecular formula is C27H34N4O3. The van der Waals surface area contributed by atoms with Crippen LogP contribution in [0, 0.1) is 20.8 Å². The Bertz CT molecular complexity index is 1090. The lowest BCUT2D eigenvalue weighted by Crippen LogP contribution is -2.52. The SMILES string of the molecule is CCOC(=O)C1=C(CN2CCN(c3cccc(C)c3C)CC2)NC(=O)N[C@H]1c1ccc(C)cc1. The molecule has 2 aliphatic rings. The van der Waals surface area contributed by atoms with Gasteiger partial charge in [0, 0.05) is 44.1 Å². The summed E-state index contributed by atoms with van der Waals surface area (Å²) in [6, 6.07) is 13.5. The number of anilines is 1. The van der Waals surface area contributed by atoms with E-state index >= 15 is 0 Å². The number of nitrogens with one attached hydrogen (secondary N) is 2. The number of ether oxygens (including phenoxy) is 1. The largest absolute Gasteiger partial charge is 0.463 e. The van der Waals surface area contributed by atoms with Gasteiger partial charge in [-0.2, -0.15) is 0 Å². The maximum atomic E-state index is 13.0. The molecule has 0 radical (unpaired) electrons. The third kappa shape index (κ3) is 5.09. The summed E-state index contributed by atoms with van der Waals surface area (Å²) in [6.45, 7) is 12.3. The van der Waals surface area contributed by atoms with Gasteiger partial charge in [-0.25, -0.2) is 9.59 Å². The fourth-order valence-electron chi connectivity index (χ4n) is 4.65. The Balaban J connectivity index is 1.56. The highest BCUT2D eigenvalue weighted by Gasteiger charge is 2.34. The van der Waals surface area contributed by atoms with E-state index in [0.717, 1.165) is 37.3 Å². The predicted molar refractivity (Wildman–Crippen MR) is 134 cm³/mol. The third-order valence-corrected chi connectivity index (χ3v) is 6.73.